The Morgan fingerprint density at radius 2 is 2.20 bits per heavy atom. The third-order valence-corrected chi connectivity index (χ3v) is 3.05. The summed E-state index contributed by atoms with van der Waals surface area (Å²) in [7, 11) is 1.69. The van der Waals surface area contributed by atoms with Gasteiger partial charge in [-0.3, -0.25) is 0 Å². The number of nitrogens with one attached hydrogen (secondary N) is 1. The fraction of sp³-hybridized carbons (Fsp3) is 0.636. The molecule has 2 heterocycles. The van der Waals surface area contributed by atoms with E-state index >= 15 is 0 Å². The molecule has 1 aromatic heterocycles. The largest absolute Gasteiger partial charge is 0.481 e. The smallest absolute Gasteiger partial charge is 0.221 e. The van der Waals surface area contributed by atoms with Crippen molar-refractivity contribution in [1.82, 2.24) is 15.3 Å². The van der Waals surface area contributed by atoms with Crippen LogP contribution in [0.25, 0.3) is 0 Å². The molecule has 4 nitrogen and oxygen atoms in total. The maximum Gasteiger partial charge on any atom is 0.221 e. The molecule has 1 aromatic rings. The van der Waals surface area contributed by atoms with Crippen molar-refractivity contribution in [2.45, 2.75) is 31.7 Å². The third kappa shape index (κ3) is 1.59. The molecule has 1 aliphatic carbocycles. The molecule has 0 amide bonds. The van der Waals surface area contributed by atoms with Gasteiger partial charge < -0.3 is 10.1 Å². The predicted molar refractivity (Wildman–Crippen MR) is 56.0 cm³/mol. The lowest BCUT2D eigenvalue weighted by molar-refractivity contribution is 0.382. The van der Waals surface area contributed by atoms with Crippen LogP contribution < -0.4 is 10.1 Å². The monoisotopic (exact) mass is 205 g/mol. The normalized spacial score (nSPS) is 19.8. The van der Waals surface area contributed by atoms with Gasteiger partial charge in [0.15, 0.2) is 0 Å². The summed E-state index contributed by atoms with van der Waals surface area (Å²) in [6.45, 7) is 1.85. The first-order valence-corrected chi connectivity index (χ1v) is 5.53. The number of methoxy groups -OCH3 is 1. The Morgan fingerprint density at radius 1 is 1.33 bits per heavy atom. The second kappa shape index (κ2) is 3.45. The minimum Gasteiger partial charge on any atom is -0.481 e. The van der Waals surface area contributed by atoms with Gasteiger partial charge in [0.05, 0.1) is 12.8 Å². The van der Waals surface area contributed by atoms with Gasteiger partial charge in [-0.15, -0.1) is 0 Å². The first kappa shape index (κ1) is 9.09. The summed E-state index contributed by atoms with van der Waals surface area (Å²) in [5, 5.41) is 3.32. The fourth-order valence-electron chi connectivity index (χ4n) is 2.02. The lowest BCUT2D eigenvalue weighted by Crippen LogP contribution is -2.26. The van der Waals surface area contributed by atoms with Crippen LogP contribution in [0.1, 0.15) is 35.8 Å². The molecule has 1 N–H and O–H groups in total. The summed E-state index contributed by atoms with van der Waals surface area (Å²) < 4.78 is 5.34. The van der Waals surface area contributed by atoms with Crippen molar-refractivity contribution >= 4 is 0 Å². The van der Waals surface area contributed by atoms with Crippen molar-refractivity contribution in [2.75, 3.05) is 13.7 Å². The number of hydrogen-bond donors (Lipinski definition) is 1. The van der Waals surface area contributed by atoms with Crippen LogP contribution in [0, 0.1) is 0 Å². The van der Waals surface area contributed by atoms with Crippen molar-refractivity contribution in [3.63, 3.8) is 0 Å². The minimum atomic E-state index is 0.596. The first-order valence-electron chi connectivity index (χ1n) is 5.53. The first-order chi connectivity index (χ1) is 7.38. The van der Waals surface area contributed by atoms with E-state index in [9.17, 15) is 0 Å². The fourth-order valence-corrected chi connectivity index (χ4v) is 2.02. The Kier molecular flexibility index (Phi) is 2.09. The Balaban J connectivity index is 2.06. The van der Waals surface area contributed by atoms with Crippen LogP contribution in [0.3, 0.4) is 0 Å². The lowest BCUT2D eigenvalue weighted by Gasteiger charge is -2.18. The van der Waals surface area contributed by atoms with E-state index in [0.29, 0.717) is 5.92 Å². The highest BCUT2D eigenvalue weighted by atomic mass is 16.5. The van der Waals surface area contributed by atoms with Crippen LogP contribution in [0.15, 0.2) is 0 Å². The zero-order valence-corrected chi connectivity index (χ0v) is 8.92. The molecular weight excluding hydrogens is 190 g/mol. The highest BCUT2D eigenvalue weighted by Crippen LogP contribution is 2.39. The highest BCUT2D eigenvalue weighted by molar-refractivity contribution is 5.34. The average Bonchev–Trinajstić information content (AvgIpc) is 3.11. The number of rotatable bonds is 2. The summed E-state index contributed by atoms with van der Waals surface area (Å²) in [6, 6.07) is 0. The van der Waals surface area contributed by atoms with Gasteiger partial charge in [0.25, 0.3) is 0 Å². The van der Waals surface area contributed by atoms with Crippen LogP contribution in [-0.4, -0.2) is 23.6 Å². The van der Waals surface area contributed by atoms with Gasteiger partial charge >= 0.3 is 0 Å². The van der Waals surface area contributed by atoms with Gasteiger partial charge in [0.2, 0.25) is 5.88 Å². The molecule has 1 fully saturated rings. The van der Waals surface area contributed by atoms with Crippen LogP contribution in [0.5, 0.6) is 5.88 Å². The van der Waals surface area contributed by atoms with E-state index in [-0.39, 0.29) is 0 Å². The predicted octanol–water partition coefficient (Wildman–Crippen LogP) is 1.01. The Labute approximate surface area is 89.1 Å². The average molecular weight is 205 g/mol. The van der Waals surface area contributed by atoms with E-state index in [1.807, 2.05) is 0 Å². The van der Waals surface area contributed by atoms with E-state index < -0.39 is 0 Å². The third-order valence-electron chi connectivity index (χ3n) is 3.05. The number of nitrogens with zero attached hydrogens (tertiary/aromatic N) is 2. The van der Waals surface area contributed by atoms with Crippen molar-refractivity contribution < 1.29 is 4.74 Å². The standard InChI is InChI=1S/C11H15N3O/c1-15-11-8-6-12-5-4-9(8)13-10(14-11)7-2-3-7/h7,12H,2-6H2,1H3. The topological polar surface area (TPSA) is 47.0 Å². The number of ether oxygens (including phenoxy) is 1. The molecule has 0 bridgehead atoms. The molecule has 0 spiro atoms. The molecule has 0 radical (unpaired) electrons. The van der Waals surface area contributed by atoms with Gasteiger partial charge in [-0.25, -0.2) is 4.98 Å². The molecule has 1 saturated carbocycles. The molecular formula is C11H15N3O. The number of fused-ring (bicyclic) bond motifs is 1. The van der Waals surface area contributed by atoms with E-state index in [2.05, 4.69) is 15.3 Å². The van der Waals surface area contributed by atoms with Gasteiger partial charge in [0, 0.05) is 31.0 Å². The number of aromatic nitrogens is 2. The molecule has 4 heteroatoms. The molecule has 1 aliphatic heterocycles. The number of hydrogen-bond acceptors (Lipinski definition) is 4. The van der Waals surface area contributed by atoms with Crippen LogP contribution >= 0.6 is 0 Å². The molecule has 15 heavy (non-hydrogen) atoms. The Morgan fingerprint density at radius 3 is 2.93 bits per heavy atom. The maximum atomic E-state index is 5.34. The van der Waals surface area contributed by atoms with Crippen LogP contribution in [0.2, 0.25) is 0 Å². The molecule has 80 valence electrons. The second-order valence-corrected chi connectivity index (χ2v) is 4.22. The molecule has 0 atom stereocenters. The van der Waals surface area contributed by atoms with Crippen molar-refractivity contribution in [2.24, 2.45) is 0 Å². The van der Waals surface area contributed by atoms with Crippen LogP contribution in [0.4, 0.5) is 0 Å². The summed E-state index contributed by atoms with van der Waals surface area (Å²) in [6.07, 6.45) is 3.47. The van der Waals surface area contributed by atoms with Crippen molar-refractivity contribution in [3.8, 4) is 5.88 Å². The molecule has 2 aliphatic rings. The molecule has 3 rings (SSSR count). The molecule has 0 saturated heterocycles. The van der Waals surface area contributed by atoms with Crippen LogP contribution in [-0.2, 0) is 13.0 Å². The zero-order chi connectivity index (χ0) is 10.3. The van der Waals surface area contributed by atoms with E-state index in [4.69, 9.17) is 4.74 Å². The summed E-state index contributed by atoms with van der Waals surface area (Å²) in [4.78, 5) is 9.15. The lowest BCUT2D eigenvalue weighted by atomic mass is 10.1. The van der Waals surface area contributed by atoms with Gasteiger partial charge in [-0.2, -0.15) is 4.98 Å². The van der Waals surface area contributed by atoms with Gasteiger partial charge in [-0.05, 0) is 12.8 Å². The molecule has 0 aromatic carbocycles. The van der Waals surface area contributed by atoms with E-state index in [1.54, 1.807) is 7.11 Å². The van der Waals surface area contributed by atoms with Crippen molar-refractivity contribution in [3.05, 3.63) is 17.1 Å². The highest BCUT2D eigenvalue weighted by Gasteiger charge is 2.29. The van der Waals surface area contributed by atoms with Gasteiger partial charge in [-0.1, -0.05) is 0 Å². The summed E-state index contributed by atoms with van der Waals surface area (Å²) in [5.41, 5.74) is 2.33. The van der Waals surface area contributed by atoms with E-state index in [0.717, 1.165) is 36.8 Å². The maximum absolute atomic E-state index is 5.34. The minimum absolute atomic E-state index is 0.596. The Bertz CT molecular complexity index is 370. The quantitative estimate of drug-likeness (QED) is 0.782. The zero-order valence-electron chi connectivity index (χ0n) is 8.92. The Hall–Kier alpha value is -1.16. The van der Waals surface area contributed by atoms with Crippen molar-refractivity contribution in [1.29, 1.82) is 0 Å². The SMILES string of the molecule is COc1nc(C2CC2)nc2c1CNCC2. The molecule has 0 unspecified atom stereocenters. The second-order valence-electron chi connectivity index (χ2n) is 4.22. The summed E-state index contributed by atoms with van der Waals surface area (Å²) >= 11 is 0. The summed E-state index contributed by atoms with van der Waals surface area (Å²) in [5.74, 6) is 2.36. The van der Waals surface area contributed by atoms with E-state index in [1.165, 1.54) is 18.5 Å². The van der Waals surface area contributed by atoms with Gasteiger partial charge in [0.1, 0.15) is 5.82 Å².